The quantitative estimate of drug-likeness (QED) is 0.520. The van der Waals surface area contributed by atoms with Crippen molar-refractivity contribution in [2.75, 3.05) is 0 Å². The Hall–Kier alpha value is -0.283. The molecule has 20 heavy (non-hydrogen) atoms. The van der Waals surface area contributed by atoms with Crippen molar-refractivity contribution in [2.45, 2.75) is 82.6 Å². The molecule has 0 saturated carbocycles. The largest absolute Gasteiger partial charge is 0.335 e. The second kappa shape index (κ2) is 7.65. The number of aromatic nitrogens is 2. The molecule has 1 aliphatic rings. The molecule has 1 saturated heterocycles. The molecule has 2 heterocycles. The van der Waals surface area contributed by atoms with Crippen molar-refractivity contribution in [1.29, 1.82) is 0 Å². The van der Waals surface area contributed by atoms with Crippen LogP contribution in [0.4, 0.5) is 0 Å². The third kappa shape index (κ3) is 4.92. The molecule has 0 bridgehead atoms. The fourth-order valence-corrected chi connectivity index (χ4v) is 5.65. The second-order valence-electron chi connectivity index (χ2n) is 6.94. The third-order valence-corrected chi connectivity index (χ3v) is 11.2. The lowest BCUT2D eigenvalue weighted by molar-refractivity contribution is 0.500. The molecule has 0 amide bonds. The predicted octanol–water partition coefficient (Wildman–Crippen LogP) is 5.66. The van der Waals surface area contributed by atoms with E-state index in [9.17, 15) is 0 Å². The van der Waals surface area contributed by atoms with Crippen molar-refractivity contribution in [3.63, 3.8) is 0 Å². The molecule has 2 unspecified atom stereocenters. The van der Waals surface area contributed by atoms with Gasteiger partial charge in [-0.25, -0.2) is 4.98 Å². The van der Waals surface area contributed by atoms with Crippen LogP contribution in [-0.4, -0.2) is 22.1 Å². The van der Waals surface area contributed by atoms with Crippen molar-refractivity contribution in [3.8, 4) is 0 Å². The van der Waals surface area contributed by atoms with Gasteiger partial charge in [0.2, 0.25) is 0 Å². The summed E-state index contributed by atoms with van der Waals surface area (Å²) < 4.78 is 2.33. The zero-order valence-corrected chi connectivity index (χ0v) is 15.6. The van der Waals surface area contributed by atoms with Crippen molar-refractivity contribution < 1.29 is 0 Å². The van der Waals surface area contributed by atoms with Gasteiger partial charge in [-0.15, -0.1) is 11.6 Å². The standard InChI is InChI=1S/C8H17ClSi.C8H14N2/c1-8(9)6-4-5-7-10(8,2)3;1-3-4-8(2)10-6-5-9-7-10/h4-7H2,1-3H3;5-8H,3-4H2,1-2H3. The zero-order valence-electron chi connectivity index (χ0n) is 13.8. The molecule has 1 aromatic rings. The van der Waals surface area contributed by atoms with E-state index >= 15 is 0 Å². The molecule has 0 N–H and O–H groups in total. The van der Waals surface area contributed by atoms with E-state index in [0.29, 0.717) is 6.04 Å². The van der Waals surface area contributed by atoms with Crippen molar-refractivity contribution in [1.82, 2.24) is 9.55 Å². The molecule has 0 spiro atoms. The van der Waals surface area contributed by atoms with Gasteiger partial charge in [-0.2, -0.15) is 0 Å². The number of hydrogen-bond acceptors (Lipinski definition) is 1. The van der Waals surface area contributed by atoms with Gasteiger partial charge in [-0.05, 0) is 26.7 Å². The Morgan fingerprint density at radius 3 is 2.50 bits per heavy atom. The zero-order chi connectivity index (χ0) is 15.2. The Kier molecular flexibility index (Phi) is 6.79. The van der Waals surface area contributed by atoms with E-state index in [4.69, 9.17) is 11.6 Å². The fourth-order valence-electron chi connectivity index (χ4n) is 2.72. The summed E-state index contributed by atoms with van der Waals surface area (Å²) >= 11 is 6.43. The first kappa shape index (κ1) is 17.8. The Bertz CT molecular complexity index is 358. The molecule has 0 aromatic carbocycles. The summed E-state index contributed by atoms with van der Waals surface area (Å²) in [5, 5.41) is 0. The summed E-state index contributed by atoms with van der Waals surface area (Å²) in [5.41, 5.74) is 0. The topological polar surface area (TPSA) is 17.8 Å². The van der Waals surface area contributed by atoms with Gasteiger partial charge in [0.15, 0.2) is 0 Å². The van der Waals surface area contributed by atoms with E-state index in [1.165, 1.54) is 38.1 Å². The van der Waals surface area contributed by atoms with Gasteiger partial charge in [-0.3, -0.25) is 0 Å². The molecule has 1 fully saturated rings. The second-order valence-corrected chi connectivity index (χ2v) is 13.5. The van der Waals surface area contributed by atoms with Crippen LogP contribution in [0.25, 0.3) is 0 Å². The van der Waals surface area contributed by atoms with Gasteiger partial charge in [-0.1, -0.05) is 45.3 Å². The van der Waals surface area contributed by atoms with Crippen LogP contribution in [0.1, 0.15) is 58.9 Å². The first-order valence-corrected chi connectivity index (χ1v) is 11.5. The fraction of sp³-hybridized carbons (Fsp3) is 0.812. The normalized spacial score (nSPS) is 26.5. The van der Waals surface area contributed by atoms with Crippen LogP contribution in [-0.2, 0) is 0 Å². The summed E-state index contributed by atoms with van der Waals surface area (Å²) in [6.07, 6.45) is 12.2. The highest BCUT2D eigenvalue weighted by Crippen LogP contribution is 2.40. The molecule has 2 nitrogen and oxygen atoms in total. The highest BCUT2D eigenvalue weighted by atomic mass is 35.5. The minimum atomic E-state index is -1.05. The lowest BCUT2D eigenvalue weighted by Crippen LogP contribution is -2.50. The number of nitrogens with zero attached hydrogens (tertiary/aromatic N) is 2. The van der Waals surface area contributed by atoms with Crippen LogP contribution in [0, 0.1) is 0 Å². The van der Waals surface area contributed by atoms with Gasteiger partial charge < -0.3 is 4.57 Å². The molecule has 0 radical (unpaired) electrons. The van der Waals surface area contributed by atoms with Gasteiger partial charge in [0.25, 0.3) is 0 Å². The van der Waals surface area contributed by atoms with E-state index in [2.05, 4.69) is 43.4 Å². The van der Waals surface area contributed by atoms with Crippen LogP contribution in [0.3, 0.4) is 0 Å². The molecular weight excluding hydrogens is 284 g/mol. The number of halogens is 1. The van der Waals surface area contributed by atoms with Crippen LogP contribution < -0.4 is 0 Å². The molecule has 0 aliphatic carbocycles. The smallest absolute Gasteiger partial charge is 0.0948 e. The van der Waals surface area contributed by atoms with E-state index in [0.717, 1.165) is 0 Å². The van der Waals surface area contributed by atoms with Crippen molar-refractivity contribution in [2.24, 2.45) is 0 Å². The summed E-state index contributed by atoms with van der Waals surface area (Å²) in [6.45, 7) is 11.5. The summed E-state index contributed by atoms with van der Waals surface area (Å²) in [6, 6.07) is 2.03. The summed E-state index contributed by atoms with van der Waals surface area (Å²) in [4.78, 5) is 3.99. The highest BCUT2D eigenvalue weighted by Gasteiger charge is 2.42. The van der Waals surface area contributed by atoms with E-state index < -0.39 is 8.07 Å². The summed E-state index contributed by atoms with van der Waals surface area (Å²) in [5.74, 6) is 0. The van der Waals surface area contributed by atoms with Crippen LogP contribution >= 0.6 is 11.6 Å². The van der Waals surface area contributed by atoms with Gasteiger partial charge >= 0.3 is 0 Å². The van der Waals surface area contributed by atoms with E-state index in [1.54, 1.807) is 0 Å². The Labute approximate surface area is 130 Å². The molecule has 116 valence electrons. The first-order valence-electron chi connectivity index (χ1n) is 7.96. The average molecular weight is 315 g/mol. The summed E-state index contributed by atoms with van der Waals surface area (Å²) in [7, 11) is -1.05. The van der Waals surface area contributed by atoms with Crippen LogP contribution in [0.2, 0.25) is 19.1 Å². The minimum absolute atomic E-state index is 0.186. The Morgan fingerprint density at radius 1 is 1.40 bits per heavy atom. The molecular formula is C16H31ClN2Si. The number of alkyl halides is 1. The van der Waals surface area contributed by atoms with Crippen LogP contribution in [0.15, 0.2) is 18.7 Å². The third-order valence-electron chi connectivity index (χ3n) is 4.85. The minimum Gasteiger partial charge on any atom is -0.335 e. The van der Waals surface area contributed by atoms with Crippen molar-refractivity contribution >= 4 is 19.7 Å². The molecule has 4 heteroatoms. The number of imidazole rings is 1. The average Bonchev–Trinajstić information content (AvgIpc) is 2.88. The lowest BCUT2D eigenvalue weighted by Gasteiger charge is -2.41. The van der Waals surface area contributed by atoms with Gasteiger partial charge in [0.05, 0.1) is 14.4 Å². The van der Waals surface area contributed by atoms with E-state index in [1.807, 2.05) is 18.7 Å². The van der Waals surface area contributed by atoms with E-state index in [-0.39, 0.29) is 4.50 Å². The van der Waals surface area contributed by atoms with Gasteiger partial charge in [0, 0.05) is 22.9 Å². The van der Waals surface area contributed by atoms with Crippen molar-refractivity contribution in [3.05, 3.63) is 18.7 Å². The SMILES string of the molecule is CC1(Cl)CCCC[Si]1(C)C.CCCC(C)n1ccnc1. The van der Waals surface area contributed by atoms with Gasteiger partial charge in [0.1, 0.15) is 0 Å². The highest BCUT2D eigenvalue weighted by molar-refractivity contribution is 6.87. The van der Waals surface area contributed by atoms with Crippen LogP contribution in [0.5, 0.6) is 0 Å². The Balaban J connectivity index is 0.000000200. The maximum absolute atomic E-state index is 6.43. The molecule has 1 aliphatic heterocycles. The monoisotopic (exact) mass is 314 g/mol. The maximum atomic E-state index is 6.43. The maximum Gasteiger partial charge on any atom is 0.0948 e. The Morgan fingerprint density at radius 2 is 2.10 bits per heavy atom. The molecule has 1 aromatic heterocycles. The lowest BCUT2D eigenvalue weighted by atomic mass is 10.2. The first-order chi connectivity index (χ1) is 9.30. The predicted molar refractivity (Wildman–Crippen MR) is 92.2 cm³/mol. The number of hydrogen-bond donors (Lipinski definition) is 0. The number of rotatable bonds is 3. The molecule has 2 rings (SSSR count). The molecule has 2 atom stereocenters.